The van der Waals surface area contributed by atoms with Crippen molar-refractivity contribution >= 4 is 17.9 Å². The van der Waals surface area contributed by atoms with Gasteiger partial charge in [0.15, 0.2) is 6.10 Å². The summed E-state index contributed by atoms with van der Waals surface area (Å²) < 4.78 is 16.9. The smallest absolute Gasteiger partial charge is 0.306 e. The molecule has 0 rings (SSSR count). The Bertz CT molecular complexity index is 1920. The largest absolute Gasteiger partial charge is 0.462 e. The zero-order valence-electron chi connectivity index (χ0n) is 52.4. The molecule has 0 heterocycles. The first-order valence-electron chi connectivity index (χ1n) is 32.8. The molecule has 82 heavy (non-hydrogen) atoms. The van der Waals surface area contributed by atoms with Crippen molar-refractivity contribution in [3.05, 3.63) is 182 Å². The zero-order valence-corrected chi connectivity index (χ0v) is 52.4. The maximum Gasteiger partial charge on any atom is 0.306 e. The average Bonchev–Trinajstić information content (AvgIpc) is 3.48. The van der Waals surface area contributed by atoms with Crippen LogP contribution in [0.1, 0.15) is 258 Å². The number of rotatable bonds is 57. The van der Waals surface area contributed by atoms with Gasteiger partial charge in [0, 0.05) is 19.3 Å². The van der Waals surface area contributed by atoms with Crippen molar-refractivity contribution in [2.75, 3.05) is 13.2 Å². The first-order chi connectivity index (χ1) is 40.5. The normalized spacial score (nSPS) is 13.4. The summed E-state index contributed by atoms with van der Waals surface area (Å²) in [6, 6.07) is 0. The lowest BCUT2D eigenvalue weighted by atomic mass is 10.1. The highest BCUT2D eigenvalue weighted by Crippen LogP contribution is 2.13. The number of carbonyl (C=O) groups is 3. The highest BCUT2D eigenvalue weighted by atomic mass is 16.6. The first kappa shape index (κ1) is 76.5. The van der Waals surface area contributed by atoms with E-state index < -0.39 is 6.10 Å². The number of carbonyl (C=O) groups excluding carboxylic acids is 3. The minimum Gasteiger partial charge on any atom is -0.462 e. The van der Waals surface area contributed by atoms with E-state index in [-0.39, 0.29) is 37.5 Å². The molecule has 1 unspecified atom stereocenters. The Morgan fingerprint density at radius 1 is 0.256 bits per heavy atom. The Morgan fingerprint density at radius 2 is 0.488 bits per heavy atom. The molecule has 6 heteroatoms. The summed E-state index contributed by atoms with van der Waals surface area (Å²) >= 11 is 0. The number of ether oxygens (including phenoxy) is 3. The van der Waals surface area contributed by atoms with E-state index in [1.54, 1.807) is 0 Å². The first-order valence-corrected chi connectivity index (χ1v) is 32.8. The second kappa shape index (κ2) is 68.0. The molecular formula is C76H118O6. The van der Waals surface area contributed by atoms with E-state index in [1.165, 1.54) is 44.9 Å². The Labute approximate surface area is 504 Å². The van der Waals surface area contributed by atoms with Crippen molar-refractivity contribution in [3.8, 4) is 0 Å². The molecule has 0 saturated carbocycles. The van der Waals surface area contributed by atoms with Gasteiger partial charge in [0.25, 0.3) is 0 Å². The molecule has 0 bridgehead atoms. The van der Waals surface area contributed by atoms with Crippen molar-refractivity contribution in [1.82, 2.24) is 0 Å². The van der Waals surface area contributed by atoms with E-state index in [1.807, 2.05) is 0 Å². The van der Waals surface area contributed by atoms with Crippen molar-refractivity contribution in [3.63, 3.8) is 0 Å². The van der Waals surface area contributed by atoms with Gasteiger partial charge in [0.1, 0.15) is 13.2 Å². The molecule has 458 valence electrons. The van der Waals surface area contributed by atoms with E-state index in [9.17, 15) is 14.4 Å². The lowest BCUT2D eigenvalue weighted by Gasteiger charge is -2.18. The fourth-order valence-electron chi connectivity index (χ4n) is 8.29. The van der Waals surface area contributed by atoms with Gasteiger partial charge in [-0.2, -0.15) is 0 Å². The zero-order chi connectivity index (χ0) is 59.2. The number of allylic oxidation sites excluding steroid dienone is 30. The molecule has 0 aliphatic rings. The molecule has 0 aromatic carbocycles. The van der Waals surface area contributed by atoms with E-state index in [4.69, 9.17) is 14.2 Å². The minimum absolute atomic E-state index is 0.121. The Balaban J connectivity index is 4.53. The molecule has 0 saturated heterocycles. The fraction of sp³-hybridized carbons (Fsp3) is 0.566. The van der Waals surface area contributed by atoms with Crippen LogP contribution in [0.15, 0.2) is 182 Å². The van der Waals surface area contributed by atoms with Crippen molar-refractivity contribution in [1.29, 1.82) is 0 Å². The molecule has 0 fully saturated rings. The predicted octanol–water partition coefficient (Wildman–Crippen LogP) is 22.8. The highest BCUT2D eigenvalue weighted by molar-refractivity contribution is 5.71. The quantitative estimate of drug-likeness (QED) is 0.0261. The van der Waals surface area contributed by atoms with Gasteiger partial charge in [0.05, 0.1) is 0 Å². The summed E-state index contributed by atoms with van der Waals surface area (Å²) in [5.74, 6) is -1.01. The number of esters is 3. The molecule has 6 nitrogen and oxygen atoms in total. The van der Waals surface area contributed by atoms with Gasteiger partial charge in [-0.05, 0) is 154 Å². The molecule has 0 aromatic heterocycles. The van der Waals surface area contributed by atoms with Gasteiger partial charge < -0.3 is 14.2 Å². The van der Waals surface area contributed by atoms with E-state index in [0.717, 1.165) is 167 Å². The summed E-state index contributed by atoms with van der Waals surface area (Å²) in [5.41, 5.74) is 0. The number of unbranched alkanes of at least 4 members (excludes halogenated alkanes) is 16. The third-order valence-electron chi connectivity index (χ3n) is 13.1. The summed E-state index contributed by atoms with van der Waals surface area (Å²) in [4.78, 5) is 38.3. The summed E-state index contributed by atoms with van der Waals surface area (Å²) in [6.45, 7) is 6.32. The standard InChI is InChI=1S/C76H118O6/c1-4-7-10-13-16-19-22-25-28-30-32-34-36-37-38-39-41-42-44-46-48-51-54-57-60-63-66-69-75(78)81-72-73(71-80-74(77)68-65-62-59-56-53-50-27-24-21-18-15-12-9-6-3)82-76(79)70-67-64-61-58-55-52-49-47-45-43-40-35-33-31-29-26-23-20-17-14-11-8-5-2/h7-8,10-11,16-17,19-20,24-29,32-35,37-38,41-43,45-46,48-49,52,58,61,73H,4-6,9,12-15,18,21-23,30-31,36,39-40,44,47,50-51,53-57,59-60,62-72H2,1-3H3/b10-7-,11-8-,19-16-,20-17-,27-24-,28-25-,29-26-,34-32-,35-33-,38-37-,42-41-,45-43-,48-46-,52-49-,61-58-. The predicted molar refractivity (Wildman–Crippen MR) is 357 cm³/mol. The maximum absolute atomic E-state index is 12.9. The van der Waals surface area contributed by atoms with Crippen LogP contribution in [0.3, 0.4) is 0 Å². The van der Waals surface area contributed by atoms with Crippen molar-refractivity contribution in [2.24, 2.45) is 0 Å². The summed E-state index contributed by atoms with van der Waals surface area (Å²) in [7, 11) is 0. The molecule has 0 aromatic rings. The summed E-state index contributed by atoms with van der Waals surface area (Å²) in [6.07, 6.45) is 102. The lowest BCUT2D eigenvalue weighted by molar-refractivity contribution is -0.167. The van der Waals surface area contributed by atoms with Crippen LogP contribution in [0.5, 0.6) is 0 Å². The monoisotopic (exact) mass is 1130 g/mol. The SMILES string of the molecule is CC/C=C\C/C=C\C/C=C\C/C=C\C/C=C\C/C=C\C/C=C\CCCCCCCC(=O)OCC(COC(=O)CCCCCCC/C=C\CCCCCCC)OC(=O)CCC/C=C\C/C=C\C/C=C\C/C=C\C/C=C\C/C=C\C/C=C\CC. The number of hydrogen-bond donors (Lipinski definition) is 0. The molecule has 0 aliphatic carbocycles. The van der Waals surface area contributed by atoms with Gasteiger partial charge in [-0.25, -0.2) is 0 Å². The second-order valence-electron chi connectivity index (χ2n) is 20.9. The van der Waals surface area contributed by atoms with Crippen LogP contribution >= 0.6 is 0 Å². The van der Waals surface area contributed by atoms with Gasteiger partial charge in [0.2, 0.25) is 0 Å². The molecule has 0 N–H and O–H groups in total. The lowest BCUT2D eigenvalue weighted by Crippen LogP contribution is -2.30. The molecule has 0 radical (unpaired) electrons. The van der Waals surface area contributed by atoms with Crippen LogP contribution in [-0.4, -0.2) is 37.2 Å². The molecule has 0 amide bonds. The topological polar surface area (TPSA) is 78.9 Å². The van der Waals surface area contributed by atoms with Crippen LogP contribution in [0.4, 0.5) is 0 Å². The van der Waals surface area contributed by atoms with Crippen LogP contribution in [0, 0.1) is 0 Å². The minimum atomic E-state index is -0.833. The van der Waals surface area contributed by atoms with Gasteiger partial charge in [-0.15, -0.1) is 0 Å². The third kappa shape index (κ3) is 65.3. The van der Waals surface area contributed by atoms with Gasteiger partial charge >= 0.3 is 17.9 Å². The van der Waals surface area contributed by atoms with Crippen LogP contribution < -0.4 is 0 Å². The van der Waals surface area contributed by atoms with Crippen molar-refractivity contribution in [2.45, 2.75) is 264 Å². The fourth-order valence-corrected chi connectivity index (χ4v) is 8.29. The Kier molecular flexibility index (Phi) is 63.5. The molecule has 0 spiro atoms. The summed E-state index contributed by atoms with van der Waals surface area (Å²) in [5, 5.41) is 0. The van der Waals surface area contributed by atoms with Gasteiger partial charge in [-0.3, -0.25) is 14.4 Å². The molecule has 0 aliphatic heterocycles. The van der Waals surface area contributed by atoms with Crippen LogP contribution in [0.2, 0.25) is 0 Å². The molecular weight excluding hydrogens is 1010 g/mol. The maximum atomic E-state index is 12.9. The second-order valence-corrected chi connectivity index (χ2v) is 20.9. The number of hydrogen-bond acceptors (Lipinski definition) is 6. The van der Waals surface area contributed by atoms with Gasteiger partial charge in [-0.1, -0.05) is 267 Å². The average molecular weight is 1130 g/mol. The highest BCUT2D eigenvalue weighted by Gasteiger charge is 2.19. The Hall–Kier alpha value is -5.49. The van der Waals surface area contributed by atoms with E-state index >= 15 is 0 Å². The third-order valence-corrected chi connectivity index (χ3v) is 13.1. The Morgan fingerprint density at radius 3 is 0.793 bits per heavy atom. The van der Waals surface area contributed by atoms with E-state index in [2.05, 4.69) is 203 Å². The van der Waals surface area contributed by atoms with Crippen molar-refractivity contribution < 1.29 is 28.6 Å². The molecule has 1 atom stereocenters. The van der Waals surface area contributed by atoms with Crippen LogP contribution in [0.25, 0.3) is 0 Å². The van der Waals surface area contributed by atoms with E-state index in [0.29, 0.717) is 19.3 Å². The van der Waals surface area contributed by atoms with Crippen LogP contribution in [-0.2, 0) is 28.6 Å².